The minimum absolute atomic E-state index is 0.594. The maximum absolute atomic E-state index is 5.32. The lowest BCUT2D eigenvalue weighted by atomic mass is 10.1. The fraction of sp³-hybridized carbons (Fsp3) is 0.333. The Balaban J connectivity index is 1.47. The number of benzene rings is 1. The van der Waals surface area contributed by atoms with Crippen molar-refractivity contribution in [1.82, 2.24) is 14.9 Å². The monoisotopic (exact) mass is 396 g/mol. The summed E-state index contributed by atoms with van der Waals surface area (Å²) in [6.07, 6.45) is 2.87. The predicted octanol–water partition coefficient (Wildman–Crippen LogP) is 4.17. The van der Waals surface area contributed by atoms with Crippen molar-refractivity contribution in [2.24, 2.45) is 0 Å². The number of hydrogen-bond acceptors (Lipinski definition) is 7. The molecule has 0 saturated carbocycles. The molecule has 3 heterocycles. The summed E-state index contributed by atoms with van der Waals surface area (Å²) < 4.78 is 10.6. The van der Waals surface area contributed by atoms with Crippen LogP contribution in [-0.2, 0) is 19.5 Å². The molecule has 0 saturated heterocycles. The highest BCUT2D eigenvalue weighted by atomic mass is 32.1. The SMILES string of the molecule is COc1cc(Nc2ncc3c(n2)CCN(Cc2sccc2C)C3)cc(OC)c1. The number of nitrogens with zero attached hydrogens (tertiary/aromatic N) is 3. The smallest absolute Gasteiger partial charge is 0.227 e. The zero-order valence-electron chi connectivity index (χ0n) is 16.4. The molecule has 146 valence electrons. The Kier molecular flexibility index (Phi) is 5.45. The molecule has 2 aromatic heterocycles. The topological polar surface area (TPSA) is 59.5 Å². The van der Waals surface area contributed by atoms with Gasteiger partial charge in [0.15, 0.2) is 0 Å². The van der Waals surface area contributed by atoms with Crippen molar-refractivity contribution in [3.8, 4) is 11.5 Å². The Bertz CT molecular complexity index is 951. The lowest BCUT2D eigenvalue weighted by Crippen LogP contribution is -2.30. The van der Waals surface area contributed by atoms with Gasteiger partial charge in [-0.05, 0) is 23.9 Å². The molecule has 0 fully saturated rings. The van der Waals surface area contributed by atoms with Crippen molar-refractivity contribution in [2.75, 3.05) is 26.1 Å². The van der Waals surface area contributed by atoms with Crippen LogP contribution in [0.5, 0.6) is 11.5 Å². The van der Waals surface area contributed by atoms with Crippen molar-refractivity contribution in [1.29, 1.82) is 0 Å². The Morgan fingerprint density at radius 3 is 2.64 bits per heavy atom. The average Bonchev–Trinajstić information content (AvgIpc) is 3.12. The van der Waals surface area contributed by atoms with Gasteiger partial charge in [-0.3, -0.25) is 4.90 Å². The predicted molar refractivity (Wildman–Crippen MR) is 112 cm³/mol. The average molecular weight is 397 g/mol. The van der Waals surface area contributed by atoms with E-state index in [-0.39, 0.29) is 0 Å². The van der Waals surface area contributed by atoms with E-state index in [1.807, 2.05) is 35.7 Å². The molecule has 0 radical (unpaired) electrons. The minimum atomic E-state index is 0.594. The number of aryl methyl sites for hydroxylation is 1. The van der Waals surface area contributed by atoms with Crippen LogP contribution in [0.4, 0.5) is 11.6 Å². The first kappa shape index (κ1) is 18.7. The van der Waals surface area contributed by atoms with Crippen LogP contribution in [0.1, 0.15) is 21.7 Å². The molecule has 1 N–H and O–H groups in total. The van der Waals surface area contributed by atoms with E-state index >= 15 is 0 Å². The number of rotatable bonds is 6. The standard InChI is InChI=1S/C21H24N4O2S/c1-14-5-7-28-20(14)13-25-6-4-19-15(12-25)11-22-21(24-19)23-16-8-17(26-2)10-18(9-16)27-3/h5,7-11H,4,6,12-13H2,1-3H3,(H,22,23,24). The van der Waals surface area contributed by atoms with Gasteiger partial charge in [0.1, 0.15) is 11.5 Å². The normalized spacial score (nSPS) is 13.8. The van der Waals surface area contributed by atoms with Gasteiger partial charge in [0.2, 0.25) is 5.95 Å². The molecule has 6 nitrogen and oxygen atoms in total. The maximum Gasteiger partial charge on any atom is 0.227 e. The van der Waals surface area contributed by atoms with Crippen LogP contribution >= 0.6 is 11.3 Å². The summed E-state index contributed by atoms with van der Waals surface area (Å²) in [6.45, 7) is 5.07. The number of ether oxygens (including phenoxy) is 2. The van der Waals surface area contributed by atoms with Gasteiger partial charge in [-0.25, -0.2) is 9.97 Å². The molecule has 0 atom stereocenters. The molecule has 1 aromatic carbocycles. The summed E-state index contributed by atoms with van der Waals surface area (Å²) in [6, 6.07) is 7.82. The molecule has 4 rings (SSSR count). The fourth-order valence-corrected chi connectivity index (χ4v) is 4.30. The van der Waals surface area contributed by atoms with Gasteiger partial charge in [-0.2, -0.15) is 0 Å². The van der Waals surface area contributed by atoms with Crippen LogP contribution < -0.4 is 14.8 Å². The van der Waals surface area contributed by atoms with E-state index in [4.69, 9.17) is 14.5 Å². The maximum atomic E-state index is 5.32. The second kappa shape index (κ2) is 8.16. The molecule has 0 spiro atoms. The van der Waals surface area contributed by atoms with Crippen LogP contribution in [0, 0.1) is 6.92 Å². The third-order valence-corrected chi connectivity index (χ3v) is 5.96. The summed E-state index contributed by atoms with van der Waals surface area (Å²) in [5.41, 5.74) is 4.53. The van der Waals surface area contributed by atoms with E-state index in [1.54, 1.807) is 14.2 Å². The van der Waals surface area contributed by atoms with Crippen molar-refractivity contribution in [3.05, 3.63) is 57.5 Å². The van der Waals surface area contributed by atoms with E-state index in [2.05, 4.69) is 33.6 Å². The van der Waals surface area contributed by atoms with Gasteiger partial charge in [0.25, 0.3) is 0 Å². The Labute approximate surface area is 169 Å². The zero-order valence-corrected chi connectivity index (χ0v) is 17.2. The molecule has 0 amide bonds. The van der Waals surface area contributed by atoms with Crippen LogP contribution in [0.25, 0.3) is 0 Å². The van der Waals surface area contributed by atoms with Gasteiger partial charge in [-0.15, -0.1) is 11.3 Å². The highest BCUT2D eigenvalue weighted by Gasteiger charge is 2.19. The molecular formula is C21H24N4O2S. The zero-order chi connectivity index (χ0) is 19.5. The van der Waals surface area contributed by atoms with Gasteiger partial charge < -0.3 is 14.8 Å². The lowest BCUT2D eigenvalue weighted by molar-refractivity contribution is 0.244. The van der Waals surface area contributed by atoms with Crippen LogP contribution in [0.2, 0.25) is 0 Å². The summed E-state index contributed by atoms with van der Waals surface area (Å²) in [5.74, 6) is 2.04. The van der Waals surface area contributed by atoms with E-state index in [0.717, 1.165) is 48.9 Å². The number of anilines is 2. The molecule has 3 aromatic rings. The Hall–Kier alpha value is -2.64. The number of fused-ring (bicyclic) bond motifs is 1. The molecule has 0 bridgehead atoms. The number of nitrogens with one attached hydrogen (secondary N) is 1. The van der Waals surface area contributed by atoms with Crippen molar-refractivity contribution >= 4 is 23.0 Å². The van der Waals surface area contributed by atoms with E-state index in [1.165, 1.54) is 16.0 Å². The first-order valence-corrected chi connectivity index (χ1v) is 10.1. The summed E-state index contributed by atoms with van der Waals surface area (Å²) >= 11 is 1.83. The third kappa shape index (κ3) is 4.10. The Morgan fingerprint density at radius 1 is 1.18 bits per heavy atom. The second-order valence-electron chi connectivity index (χ2n) is 6.88. The molecule has 0 aliphatic carbocycles. The number of thiophene rings is 1. The largest absolute Gasteiger partial charge is 0.497 e. The summed E-state index contributed by atoms with van der Waals surface area (Å²) in [7, 11) is 3.27. The summed E-state index contributed by atoms with van der Waals surface area (Å²) in [4.78, 5) is 13.2. The summed E-state index contributed by atoms with van der Waals surface area (Å²) in [5, 5.41) is 5.43. The minimum Gasteiger partial charge on any atom is -0.497 e. The first-order valence-electron chi connectivity index (χ1n) is 9.25. The van der Waals surface area contributed by atoms with Crippen LogP contribution in [-0.4, -0.2) is 35.6 Å². The first-order chi connectivity index (χ1) is 13.6. The van der Waals surface area contributed by atoms with Gasteiger partial charge in [0, 0.05) is 66.6 Å². The molecule has 1 aliphatic heterocycles. The van der Waals surface area contributed by atoms with Crippen LogP contribution in [0.15, 0.2) is 35.8 Å². The number of aromatic nitrogens is 2. The molecular weight excluding hydrogens is 372 g/mol. The van der Waals surface area contributed by atoms with Crippen molar-refractivity contribution in [3.63, 3.8) is 0 Å². The van der Waals surface area contributed by atoms with Gasteiger partial charge in [0.05, 0.1) is 19.9 Å². The van der Waals surface area contributed by atoms with Gasteiger partial charge in [-0.1, -0.05) is 0 Å². The lowest BCUT2D eigenvalue weighted by Gasteiger charge is -2.27. The van der Waals surface area contributed by atoms with E-state index in [9.17, 15) is 0 Å². The third-order valence-electron chi connectivity index (χ3n) is 4.96. The second-order valence-corrected chi connectivity index (χ2v) is 7.88. The van der Waals surface area contributed by atoms with Crippen molar-refractivity contribution < 1.29 is 9.47 Å². The molecule has 0 unspecified atom stereocenters. The van der Waals surface area contributed by atoms with E-state index < -0.39 is 0 Å². The van der Waals surface area contributed by atoms with Gasteiger partial charge >= 0.3 is 0 Å². The number of methoxy groups -OCH3 is 2. The molecule has 1 aliphatic rings. The fourth-order valence-electron chi connectivity index (χ4n) is 3.35. The van der Waals surface area contributed by atoms with Crippen molar-refractivity contribution in [2.45, 2.75) is 26.4 Å². The quantitative estimate of drug-likeness (QED) is 0.675. The number of hydrogen-bond donors (Lipinski definition) is 1. The Morgan fingerprint density at radius 2 is 1.96 bits per heavy atom. The highest BCUT2D eigenvalue weighted by Crippen LogP contribution is 2.28. The molecule has 28 heavy (non-hydrogen) atoms. The van der Waals surface area contributed by atoms with Crippen LogP contribution in [0.3, 0.4) is 0 Å². The van der Waals surface area contributed by atoms with E-state index in [0.29, 0.717) is 5.95 Å². The highest BCUT2D eigenvalue weighted by molar-refractivity contribution is 7.10. The molecule has 7 heteroatoms.